The number of hydrogen-bond donors (Lipinski definition) is 0. The highest BCUT2D eigenvalue weighted by Crippen LogP contribution is 2.28. The molecule has 0 aromatic heterocycles. The first-order valence-corrected chi connectivity index (χ1v) is 6.84. The van der Waals surface area contributed by atoms with Crippen molar-refractivity contribution in [2.45, 2.75) is 20.0 Å². The van der Waals surface area contributed by atoms with Crippen LogP contribution in [0, 0.1) is 0 Å². The average molecular weight is 333 g/mol. The predicted molar refractivity (Wildman–Crippen MR) is 76.8 cm³/mol. The lowest BCUT2D eigenvalue weighted by molar-refractivity contribution is -0.161. The molecule has 0 fully saturated rings. The van der Waals surface area contributed by atoms with Crippen LogP contribution in [0.2, 0.25) is 0 Å². The first-order chi connectivity index (χ1) is 10.7. The zero-order chi connectivity index (χ0) is 17.6. The molecular formula is C15H18F3NO4. The van der Waals surface area contributed by atoms with Gasteiger partial charge in [-0.05, 0) is 32.0 Å². The SMILES string of the molecule is CCN(CC(F)(F)F)C(=O)COc1ccc(C(C)=O)cc1OC. The topological polar surface area (TPSA) is 55.8 Å². The van der Waals surface area contributed by atoms with Crippen LogP contribution in [0.25, 0.3) is 0 Å². The minimum absolute atomic E-state index is 0.0812. The van der Waals surface area contributed by atoms with E-state index in [2.05, 4.69) is 0 Å². The van der Waals surface area contributed by atoms with Crippen molar-refractivity contribution in [2.24, 2.45) is 0 Å². The van der Waals surface area contributed by atoms with Crippen LogP contribution in [-0.2, 0) is 4.79 Å². The molecule has 0 saturated heterocycles. The summed E-state index contributed by atoms with van der Waals surface area (Å²) in [6, 6.07) is 4.36. The molecule has 1 rings (SSSR count). The van der Waals surface area contributed by atoms with E-state index < -0.39 is 25.2 Å². The number of ether oxygens (including phenoxy) is 2. The van der Waals surface area contributed by atoms with Gasteiger partial charge in [-0.3, -0.25) is 9.59 Å². The third-order valence-corrected chi connectivity index (χ3v) is 3.03. The van der Waals surface area contributed by atoms with Crippen LogP contribution in [0.1, 0.15) is 24.2 Å². The van der Waals surface area contributed by atoms with Crippen molar-refractivity contribution in [1.29, 1.82) is 0 Å². The van der Waals surface area contributed by atoms with Gasteiger partial charge < -0.3 is 14.4 Å². The molecule has 5 nitrogen and oxygen atoms in total. The van der Waals surface area contributed by atoms with E-state index in [9.17, 15) is 22.8 Å². The first-order valence-electron chi connectivity index (χ1n) is 6.84. The summed E-state index contributed by atoms with van der Waals surface area (Å²) < 4.78 is 47.4. The molecule has 0 bridgehead atoms. The fourth-order valence-corrected chi connectivity index (χ4v) is 1.83. The van der Waals surface area contributed by atoms with Crippen LogP contribution in [0.4, 0.5) is 13.2 Å². The van der Waals surface area contributed by atoms with E-state index in [0.717, 1.165) is 0 Å². The Labute approximate surface area is 132 Å². The molecule has 1 aromatic rings. The molecule has 1 aromatic carbocycles. The molecule has 0 spiro atoms. The van der Waals surface area contributed by atoms with Crippen LogP contribution < -0.4 is 9.47 Å². The van der Waals surface area contributed by atoms with Crippen LogP contribution in [-0.4, -0.2) is 49.6 Å². The number of nitrogens with zero attached hydrogens (tertiary/aromatic N) is 1. The van der Waals surface area contributed by atoms with Gasteiger partial charge in [-0.2, -0.15) is 13.2 Å². The summed E-state index contributed by atoms with van der Waals surface area (Å²) in [6.07, 6.45) is -4.47. The van der Waals surface area contributed by atoms with Gasteiger partial charge in [0.05, 0.1) is 7.11 Å². The molecule has 0 radical (unpaired) electrons. The van der Waals surface area contributed by atoms with Crippen LogP contribution in [0.15, 0.2) is 18.2 Å². The maximum absolute atomic E-state index is 12.4. The number of rotatable bonds is 7. The van der Waals surface area contributed by atoms with Crippen LogP contribution in [0.5, 0.6) is 11.5 Å². The number of benzene rings is 1. The van der Waals surface area contributed by atoms with E-state index in [1.807, 2.05) is 0 Å². The third-order valence-electron chi connectivity index (χ3n) is 3.03. The first kappa shape index (κ1) is 18.8. The number of halogens is 3. The third kappa shape index (κ3) is 5.80. The highest BCUT2D eigenvalue weighted by atomic mass is 19.4. The number of hydrogen-bond acceptors (Lipinski definition) is 4. The van der Waals surface area contributed by atoms with Gasteiger partial charge in [0.1, 0.15) is 6.54 Å². The van der Waals surface area contributed by atoms with Crippen molar-refractivity contribution >= 4 is 11.7 Å². The van der Waals surface area contributed by atoms with E-state index in [-0.39, 0.29) is 23.8 Å². The summed E-state index contributed by atoms with van der Waals surface area (Å²) in [6.45, 7) is 0.870. The minimum Gasteiger partial charge on any atom is -0.493 e. The van der Waals surface area contributed by atoms with Crippen LogP contribution >= 0.6 is 0 Å². The van der Waals surface area contributed by atoms with Gasteiger partial charge in [0.25, 0.3) is 5.91 Å². The number of ketones is 1. The molecule has 0 saturated carbocycles. The summed E-state index contributed by atoms with van der Waals surface area (Å²) in [5.74, 6) is -0.561. The lowest BCUT2D eigenvalue weighted by Gasteiger charge is -2.22. The van der Waals surface area contributed by atoms with Crippen LogP contribution in [0.3, 0.4) is 0 Å². The summed E-state index contributed by atoms with van der Waals surface area (Å²) in [7, 11) is 1.36. The smallest absolute Gasteiger partial charge is 0.406 e. The lowest BCUT2D eigenvalue weighted by Crippen LogP contribution is -2.41. The van der Waals surface area contributed by atoms with Crippen molar-refractivity contribution in [2.75, 3.05) is 26.8 Å². The second-order valence-corrected chi connectivity index (χ2v) is 4.73. The molecule has 0 aliphatic carbocycles. The number of alkyl halides is 3. The Hall–Kier alpha value is -2.25. The maximum atomic E-state index is 12.4. The number of likely N-dealkylation sites (N-methyl/N-ethyl adjacent to an activating group) is 1. The number of carbonyl (C=O) groups is 2. The molecule has 0 N–H and O–H groups in total. The van der Waals surface area contributed by atoms with Gasteiger partial charge >= 0.3 is 6.18 Å². The highest BCUT2D eigenvalue weighted by molar-refractivity contribution is 5.94. The molecule has 0 aliphatic heterocycles. The Morgan fingerprint density at radius 2 is 1.87 bits per heavy atom. The Morgan fingerprint density at radius 3 is 2.35 bits per heavy atom. The molecule has 128 valence electrons. The van der Waals surface area contributed by atoms with Crippen molar-refractivity contribution in [3.63, 3.8) is 0 Å². The summed E-state index contributed by atoms with van der Waals surface area (Å²) in [5.41, 5.74) is 0.396. The summed E-state index contributed by atoms with van der Waals surface area (Å²) >= 11 is 0. The molecule has 8 heteroatoms. The molecule has 0 atom stereocenters. The van der Waals surface area contributed by atoms with E-state index in [1.165, 1.54) is 39.2 Å². The monoisotopic (exact) mass is 333 g/mol. The molecule has 1 amide bonds. The fourth-order valence-electron chi connectivity index (χ4n) is 1.83. The van der Waals surface area contributed by atoms with E-state index in [0.29, 0.717) is 10.5 Å². The molecular weight excluding hydrogens is 315 g/mol. The fraction of sp³-hybridized carbons (Fsp3) is 0.467. The normalized spacial score (nSPS) is 11.0. The highest BCUT2D eigenvalue weighted by Gasteiger charge is 2.32. The molecule has 0 aliphatic rings. The molecule has 0 unspecified atom stereocenters. The van der Waals surface area contributed by atoms with E-state index in [4.69, 9.17) is 9.47 Å². The summed E-state index contributed by atoms with van der Waals surface area (Å²) in [4.78, 5) is 23.7. The largest absolute Gasteiger partial charge is 0.493 e. The Morgan fingerprint density at radius 1 is 1.22 bits per heavy atom. The second kappa shape index (κ2) is 7.85. The van der Waals surface area contributed by atoms with Crippen molar-refractivity contribution < 1.29 is 32.2 Å². The predicted octanol–water partition coefficient (Wildman–Crippen LogP) is 2.69. The quantitative estimate of drug-likeness (QED) is 0.720. The van der Waals surface area contributed by atoms with Gasteiger partial charge in [-0.25, -0.2) is 0 Å². The Kier molecular flexibility index (Phi) is 6.41. The number of methoxy groups -OCH3 is 1. The molecule has 23 heavy (non-hydrogen) atoms. The van der Waals surface area contributed by atoms with Crippen molar-refractivity contribution in [3.05, 3.63) is 23.8 Å². The minimum atomic E-state index is -4.47. The van der Waals surface area contributed by atoms with Crippen molar-refractivity contribution in [3.8, 4) is 11.5 Å². The zero-order valence-corrected chi connectivity index (χ0v) is 13.1. The van der Waals surface area contributed by atoms with Gasteiger partial charge in [-0.15, -0.1) is 0 Å². The number of carbonyl (C=O) groups excluding carboxylic acids is 2. The summed E-state index contributed by atoms with van der Waals surface area (Å²) in [5, 5.41) is 0. The van der Waals surface area contributed by atoms with E-state index in [1.54, 1.807) is 0 Å². The van der Waals surface area contributed by atoms with Gasteiger partial charge in [0.15, 0.2) is 23.9 Å². The van der Waals surface area contributed by atoms with E-state index >= 15 is 0 Å². The Bertz CT molecular complexity index is 572. The van der Waals surface area contributed by atoms with Gasteiger partial charge in [0.2, 0.25) is 0 Å². The number of amides is 1. The Balaban J connectivity index is 2.77. The zero-order valence-electron chi connectivity index (χ0n) is 13.1. The van der Waals surface area contributed by atoms with Gasteiger partial charge in [0, 0.05) is 12.1 Å². The number of Topliss-reactive ketones (excluding diaryl/α,β-unsaturated/α-hetero) is 1. The van der Waals surface area contributed by atoms with Crippen molar-refractivity contribution in [1.82, 2.24) is 4.90 Å². The lowest BCUT2D eigenvalue weighted by atomic mass is 10.1. The van der Waals surface area contributed by atoms with Gasteiger partial charge in [-0.1, -0.05) is 0 Å². The standard InChI is InChI=1S/C15H18F3NO4/c1-4-19(9-15(16,17)18)14(21)8-23-12-6-5-11(10(2)20)7-13(12)22-3/h5-7H,4,8-9H2,1-3H3. The molecule has 0 heterocycles. The average Bonchev–Trinajstić information content (AvgIpc) is 2.48. The second-order valence-electron chi connectivity index (χ2n) is 4.73. The maximum Gasteiger partial charge on any atom is 0.406 e.